The molecule has 0 aliphatic heterocycles. The second-order valence-corrected chi connectivity index (χ2v) is 7.83. The van der Waals surface area contributed by atoms with Crippen molar-refractivity contribution in [1.29, 1.82) is 0 Å². The summed E-state index contributed by atoms with van der Waals surface area (Å²) in [5.74, 6) is -0.379. The maximum atomic E-state index is 11.8. The molecule has 0 aromatic heterocycles. The fourth-order valence-corrected chi connectivity index (χ4v) is 3.10. The molecule has 1 N–H and O–H groups in total. The van der Waals surface area contributed by atoms with E-state index in [4.69, 9.17) is 4.74 Å². The smallest absolute Gasteiger partial charge is 0.330 e. The van der Waals surface area contributed by atoms with Crippen molar-refractivity contribution in [2.24, 2.45) is 0 Å². The molecular weight excluding hydrogens is 289 g/mol. The number of ether oxygens (including phenoxy) is 1. The van der Waals surface area contributed by atoms with Gasteiger partial charge in [-0.1, -0.05) is 19.4 Å². The molecule has 0 amide bonds. The van der Waals surface area contributed by atoms with Crippen LogP contribution in [0.2, 0.25) is 0 Å². The molecule has 0 heterocycles. The largest absolute Gasteiger partial charge is 0.629 e. The molecule has 0 aliphatic carbocycles. The fourth-order valence-electron chi connectivity index (χ4n) is 1.75. The highest BCUT2D eigenvalue weighted by Crippen LogP contribution is 2.17. The lowest BCUT2D eigenvalue weighted by molar-refractivity contribution is -0.861. The third-order valence-corrected chi connectivity index (χ3v) is 4.26. The number of carbonyl (C=O) groups is 1. The molecule has 0 fully saturated rings. The predicted molar refractivity (Wildman–Crippen MR) is 85.9 cm³/mol. The topological polar surface area (TPSA) is 69.6 Å². The lowest BCUT2D eigenvalue weighted by atomic mass is 10.2. The Bertz CT molecular complexity index is 361. The van der Waals surface area contributed by atoms with E-state index in [-0.39, 0.29) is 11.4 Å². The van der Waals surface area contributed by atoms with Crippen LogP contribution in [0.4, 0.5) is 0 Å². The van der Waals surface area contributed by atoms with Crippen LogP contribution in [0.1, 0.15) is 32.1 Å². The first-order chi connectivity index (χ1) is 9.76. The van der Waals surface area contributed by atoms with E-state index >= 15 is 0 Å². The van der Waals surface area contributed by atoms with Crippen LogP contribution in [-0.2, 0) is 9.53 Å². The van der Waals surface area contributed by atoms with Gasteiger partial charge in [-0.15, -0.1) is 0 Å². The van der Waals surface area contributed by atoms with Crippen LogP contribution in [0.25, 0.3) is 0 Å². The number of hydrogen-bond donors (Lipinski definition) is 1. The van der Waals surface area contributed by atoms with Crippen LogP contribution < -0.4 is 4.89 Å². The fraction of sp³-hybridized carbons (Fsp3) is 0.733. The molecule has 0 saturated heterocycles. The Balaban J connectivity index is 3.64. The van der Waals surface area contributed by atoms with Gasteiger partial charge in [0, 0.05) is 6.08 Å². The number of aliphatic hydroxyl groups is 1. The highest BCUT2D eigenvalue weighted by molar-refractivity contribution is 7.51. The first-order valence-corrected chi connectivity index (χ1v) is 8.80. The van der Waals surface area contributed by atoms with Crippen LogP contribution in [-0.4, -0.2) is 61.5 Å². The van der Waals surface area contributed by atoms with Gasteiger partial charge in [-0.05, 0) is 19.3 Å². The summed E-state index contributed by atoms with van der Waals surface area (Å²) in [7, 11) is 4.25. The predicted octanol–water partition coefficient (Wildman–Crippen LogP) is 1.63. The number of likely N-dealkylation sites (N-methyl/N-ethyl adjacent to an activating group) is 1. The Morgan fingerprint density at radius 3 is 2.38 bits per heavy atom. The summed E-state index contributed by atoms with van der Waals surface area (Å²) in [4.78, 5) is 22.6. The highest BCUT2D eigenvalue weighted by Gasteiger charge is 2.16. The summed E-state index contributed by atoms with van der Waals surface area (Å²) in [6, 6.07) is 0. The van der Waals surface area contributed by atoms with Gasteiger partial charge in [-0.2, -0.15) is 0 Å². The average Bonchev–Trinajstić information content (AvgIpc) is 2.39. The Kier molecular flexibility index (Phi) is 10.5. The second-order valence-electron chi connectivity index (χ2n) is 6.11. The maximum absolute atomic E-state index is 11.8. The molecule has 0 aliphatic rings. The van der Waals surface area contributed by atoms with Crippen molar-refractivity contribution < 1.29 is 24.0 Å². The molecule has 6 heteroatoms. The summed E-state index contributed by atoms with van der Waals surface area (Å²) in [6.07, 6.45) is 6.38. The van der Waals surface area contributed by atoms with Gasteiger partial charge in [0.05, 0.1) is 35.5 Å². The van der Waals surface area contributed by atoms with Gasteiger partial charge >= 0.3 is 5.97 Å². The quantitative estimate of drug-likeness (QED) is 0.207. The van der Waals surface area contributed by atoms with Crippen LogP contribution in [0, 0.1) is 0 Å². The first kappa shape index (κ1) is 20.3. The second kappa shape index (κ2) is 10.9. The molecule has 21 heavy (non-hydrogen) atoms. The minimum atomic E-state index is -1.62. The lowest BCUT2D eigenvalue weighted by Gasteiger charge is -2.22. The monoisotopic (exact) mass is 318 g/mol. The zero-order chi connectivity index (χ0) is 16.3. The Morgan fingerprint density at radius 1 is 1.24 bits per heavy atom. The van der Waals surface area contributed by atoms with Gasteiger partial charge in [0.15, 0.2) is 6.54 Å². The third kappa shape index (κ3) is 12.7. The number of esters is 1. The number of rotatable bonds is 11. The van der Waals surface area contributed by atoms with Gasteiger partial charge < -0.3 is 19.2 Å². The first-order valence-electron chi connectivity index (χ1n) is 7.35. The molecule has 1 unspecified atom stereocenters. The summed E-state index contributed by atoms with van der Waals surface area (Å²) in [6.45, 7) is 4.19. The van der Waals surface area contributed by atoms with E-state index < -0.39 is 7.77 Å². The normalized spacial score (nSPS) is 12.8. The van der Waals surface area contributed by atoms with E-state index in [1.807, 2.05) is 21.1 Å². The van der Waals surface area contributed by atoms with E-state index in [0.29, 0.717) is 23.8 Å². The van der Waals surface area contributed by atoms with Crippen molar-refractivity contribution in [3.8, 4) is 0 Å². The lowest BCUT2D eigenvalue weighted by Crippen LogP contribution is -2.39. The third-order valence-electron chi connectivity index (χ3n) is 2.82. The number of quaternary nitrogens is 1. The Labute approximate surface area is 129 Å². The minimum absolute atomic E-state index is 0.119. The van der Waals surface area contributed by atoms with E-state index in [2.05, 4.69) is 6.58 Å². The van der Waals surface area contributed by atoms with E-state index in [1.165, 1.54) is 0 Å². The molecule has 0 saturated carbocycles. The SMILES string of the molecule is C=CC(=O)OCCCCCCC/[P+]([O-])=C(\O)C[N+](C)(C)C. The van der Waals surface area contributed by atoms with Gasteiger partial charge in [-0.25, -0.2) is 4.79 Å². The zero-order valence-electron chi connectivity index (χ0n) is 13.5. The van der Waals surface area contributed by atoms with Crippen LogP contribution in [0.3, 0.4) is 0 Å². The molecule has 0 aromatic rings. The van der Waals surface area contributed by atoms with Crippen molar-refractivity contribution in [2.75, 3.05) is 40.5 Å². The maximum Gasteiger partial charge on any atom is 0.330 e. The van der Waals surface area contributed by atoms with E-state index in [9.17, 15) is 14.8 Å². The molecule has 122 valence electrons. The van der Waals surface area contributed by atoms with E-state index in [1.54, 1.807) is 0 Å². The molecule has 0 bridgehead atoms. The van der Waals surface area contributed by atoms with Crippen molar-refractivity contribution >= 4 is 19.2 Å². The molecule has 0 radical (unpaired) electrons. The molecular formula is C15H29NO4P+. The molecule has 1 atom stereocenters. The van der Waals surface area contributed by atoms with Crippen LogP contribution >= 0.6 is 7.77 Å². The minimum Gasteiger partial charge on any atom is -0.629 e. The summed E-state index contributed by atoms with van der Waals surface area (Å²) >= 11 is 0. The van der Waals surface area contributed by atoms with Crippen LogP contribution in [0.5, 0.6) is 0 Å². The number of nitrogens with zero attached hydrogens (tertiary/aromatic N) is 1. The summed E-state index contributed by atoms with van der Waals surface area (Å²) < 4.78 is 5.45. The molecule has 0 spiro atoms. The van der Waals surface area contributed by atoms with Crippen molar-refractivity contribution in [3.63, 3.8) is 0 Å². The van der Waals surface area contributed by atoms with Gasteiger partial charge in [0.1, 0.15) is 6.16 Å². The van der Waals surface area contributed by atoms with Gasteiger partial charge in [-0.3, -0.25) is 0 Å². The number of hydrogen-bond acceptors (Lipinski definition) is 3. The number of carbonyl (C=O) groups excluding carboxylic acids is 1. The zero-order valence-corrected chi connectivity index (χ0v) is 14.4. The number of aliphatic hydroxyl groups excluding tert-OH is 1. The van der Waals surface area contributed by atoms with Crippen molar-refractivity contribution in [2.45, 2.75) is 32.1 Å². The van der Waals surface area contributed by atoms with Crippen molar-refractivity contribution in [1.82, 2.24) is 0 Å². The van der Waals surface area contributed by atoms with Gasteiger partial charge in [0.25, 0.3) is 5.48 Å². The Morgan fingerprint density at radius 2 is 1.81 bits per heavy atom. The highest BCUT2D eigenvalue weighted by atomic mass is 31.1. The van der Waals surface area contributed by atoms with Gasteiger partial charge in [0.2, 0.25) is 0 Å². The Hall–Kier alpha value is -0.740. The average molecular weight is 318 g/mol. The standard InChI is InChI=1S/C15H28NO4P/c1-5-14(17)20-11-9-7-6-8-10-12-21(19)15(18)13-16(2,3)4/h5H,1,6-13H2,2-4H3/p+1. The summed E-state index contributed by atoms with van der Waals surface area (Å²) in [5.41, 5.74) is 0.119. The van der Waals surface area contributed by atoms with E-state index in [0.717, 1.165) is 38.2 Å². The molecule has 0 rings (SSSR count). The summed E-state index contributed by atoms with van der Waals surface area (Å²) in [5, 5.41) is 9.76. The number of unbranched alkanes of at least 4 members (excludes halogenated alkanes) is 4. The molecule has 0 aromatic carbocycles. The van der Waals surface area contributed by atoms with Crippen LogP contribution in [0.15, 0.2) is 12.7 Å². The van der Waals surface area contributed by atoms with Crippen molar-refractivity contribution in [3.05, 3.63) is 12.7 Å². The molecule has 5 nitrogen and oxygen atoms in total.